The summed E-state index contributed by atoms with van der Waals surface area (Å²) in [6.07, 6.45) is 6.12. The fourth-order valence-electron chi connectivity index (χ4n) is 2.17. The van der Waals surface area contributed by atoms with Crippen molar-refractivity contribution in [1.82, 2.24) is 9.55 Å². The van der Waals surface area contributed by atoms with Gasteiger partial charge in [0.05, 0.1) is 5.69 Å². The number of para-hydroxylation sites is 1. The van der Waals surface area contributed by atoms with Gasteiger partial charge in [-0.3, -0.25) is 0 Å². The molecule has 2 aromatic rings. The predicted molar refractivity (Wildman–Crippen MR) is 80.9 cm³/mol. The Hall–Kier alpha value is -2.03. The highest BCUT2D eigenvalue weighted by Crippen LogP contribution is 2.21. The maximum Gasteiger partial charge on any atom is 0.207 e. The minimum atomic E-state index is 0.763. The number of hydrogen-bond acceptors (Lipinski definition) is 2. The molecule has 0 aliphatic carbocycles. The van der Waals surface area contributed by atoms with E-state index in [9.17, 15) is 0 Å². The molecule has 0 saturated carbocycles. The number of allylic oxidation sites excluding steroid dienone is 1. The van der Waals surface area contributed by atoms with Crippen LogP contribution in [0.5, 0.6) is 0 Å². The van der Waals surface area contributed by atoms with Gasteiger partial charge >= 0.3 is 0 Å². The van der Waals surface area contributed by atoms with E-state index in [1.165, 1.54) is 5.56 Å². The molecular formula is C16H21N3. The van der Waals surface area contributed by atoms with Gasteiger partial charge in [0.2, 0.25) is 5.95 Å². The van der Waals surface area contributed by atoms with Crippen LogP contribution in [0.15, 0.2) is 43.1 Å². The monoisotopic (exact) mass is 255 g/mol. The number of benzene rings is 1. The molecule has 0 fully saturated rings. The largest absolute Gasteiger partial charge is 0.325 e. The van der Waals surface area contributed by atoms with Crippen LogP contribution in [-0.4, -0.2) is 9.55 Å². The lowest BCUT2D eigenvalue weighted by Gasteiger charge is -2.12. The summed E-state index contributed by atoms with van der Waals surface area (Å²) in [7, 11) is 0. The van der Waals surface area contributed by atoms with Crippen LogP contribution in [0.25, 0.3) is 0 Å². The third kappa shape index (κ3) is 3.25. The number of nitrogens with zero attached hydrogens (tertiary/aromatic N) is 2. The van der Waals surface area contributed by atoms with Gasteiger partial charge in [0.1, 0.15) is 0 Å². The Bertz CT molecular complexity index is 555. The molecule has 100 valence electrons. The minimum Gasteiger partial charge on any atom is -0.325 e. The Morgan fingerprint density at radius 3 is 2.89 bits per heavy atom. The van der Waals surface area contributed by atoms with Crippen LogP contribution in [0, 0.1) is 6.92 Å². The van der Waals surface area contributed by atoms with Crippen molar-refractivity contribution >= 4 is 11.6 Å². The fraction of sp³-hybridized carbons (Fsp3) is 0.312. The zero-order valence-electron chi connectivity index (χ0n) is 11.7. The molecule has 0 atom stereocenters. The van der Waals surface area contributed by atoms with Crippen LogP contribution in [-0.2, 0) is 13.0 Å². The number of hydrogen-bond donors (Lipinski definition) is 1. The molecule has 0 unspecified atom stereocenters. The summed E-state index contributed by atoms with van der Waals surface area (Å²) in [5, 5.41) is 3.44. The van der Waals surface area contributed by atoms with Crippen LogP contribution in [0.1, 0.15) is 24.6 Å². The van der Waals surface area contributed by atoms with Gasteiger partial charge in [-0.15, -0.1) is 6.58 Å². The van der Waals surface area contributed by atoms with Crippen LogP contribution < -0.4 is 5.32 Å². The Morgan fingerprint density at radius 2 is 2.16 bits per heavy atom. The van der Waals surface area contributed by atoms with Gasteiger partial charge in [-0.05, 0) is 25.0 Å². The molecular weight excluding hydrogens is 234 g/mol. The maximum absolute atomic E-state index is 4.53. The first-order valence-electron chi connectivity index (χ1n) is 6.74. The molecule has 0 spiro atoms. The smallest absolute Gasteiger partial charge is 0.207 e. The van der Waals surface area contributed by atoms with Crippen molar-refractivity contribution in [1.29, 1.82) is 0 Å². The Kier molecular flexibility index (Phi) is 4.39. The van der Waals surface area contributed by atoms with Crippen molar-refractivity contribution < 1.29 is 0 Å². The van der Waals surface area contributed by atoms with E-state index < -0.39 is 0 Å². The number of imidazole rings is 1. The number of nitrogens with one attached hydrogen (secondary N) is 1. The van der Waals surface area contributed by atoms with Crippen molar-refractivity contribution in [2.24, 2.45) is 0 Å². The van der Waals surface area contributed by atoms with E-state index in [1.807, 2.05) is 19.2 Å². The summed E-state index contributed by atoms with van der Waals surface area (Å²) >= 11 is 0. The molecule has 3 nitrogen and oxygen atoms in total. The molecule has 0 aliphatic rings. The van der Waals surface area contributed by atoms with Gasteiger partial charge < -0.3 is 9.88 Å². The lowest BCUT2D eigenvalue weighted by atomic mass is 10.1. The van der Waals surface area contributed by atoms with Crippen molar-refractivity contribution in [3.63, 3.8) is 0 Å². The van der Waals surface area contributed by atoms with Crippen molar-refractivity contribution in [2.45, 2.75) is 33.2 Å². The first-order valence-corrected chi connectivity index (χ1v) is 6.74. The van der Waals surface area contributed by atoms with Crippen LogP contribution in [0.2, 0.25) is 0 Å². The number of aryl methyl sites for hydroxylation is 2. The molecule has 0 saturated heterocycles. The number of rotatable bonds is 6. The number of aromatic nitrogens is 2. The van der Waals surface area contributed by atoms with Crippen LogP contribution in [0.3, 0.4) is 0 Å². The Balaban J connectivity index is 2.27. The van der Waals surface area contributed by atoms with Gasteiger partial charge in [-0.1, -0.05) is 37.6 Å². The molecule has 0 amide bonds. The average molecular weight is 255 g/mol. The fourth-order valence-corrected chi connectivity index (χ4v) is 2.17. The van der Waals surface area contributed by atoms with Gasteiger partial charge in [-0.25, -0.2) is 4.98 Å². The maximum atomic E-state index is 4.53. The summed E-state index contributed by atoms with van der Waals surface area (Å²) in [5.74, 6) is 0.876. The second-order valence-electron chi connectivity index (χ2n) is 4.68. The summed E-state index contributed by atoms with van der Waals surface area (Å²) < 4.78 is 2.07. The molecule has 19 heavy (non-hydrogen) atoms. The lowest BCUT2D eigenvalue weighted by molar-refractivity contribution is 0.831. The molecule has 1 N–H and O–H groups in total. The van der Waals surface area contributed by atoms with Gasteiger partial charge in [0, 0.05) is 18.4 Å². The highest BCUT2D eigenvalue weighted by Gasteiger charge is 2.07. The normalized spacial score (nSPS) is 10.4. The van der Waals surface area contributed by atoms with E-state index >= 15 is 0 Å². The standard InChI is InChI=1S/C16H21N3/c1-4-8-14-9-6-7-10-15(14)18-16-17-13(3)12-19(16)11-5-2/h5-7,9-10,12H,2,4,8,11H2,1,3H3,(H,17,18). The first-order chi connectivity index (χ1) is 9.24. The molecule has 0 radical (unpaired) electrons. The van der Waals surface area contributed by atoms with E-state index in [4.69, 9.17) is 0 Å². The van der Waals surface area contributed by atoms with Crippen LogP contribution in [0.4, 0.5) is 11.6 Å². The summed E-state index contributed by atoms with van der Waals surface area (Å²) in [6, 6.07) is 8.40. The SMILES string of the molecule is C=CCn1cc(C)nc1Nc1ccccc1CCC. The van der Waals surface area contributed by atoms with Crippen molar-refractivity contribution in [3.05, 3.63) is 54.4 Å². The number of anilines is 2. The summed E-state index contributed by atoms with van der Waals surface area (Å²) in [5.41, 5.74) is 3.48. The van der Waals surface area contributed by atoms with E-state index in [0.29, 0.717) is 0 Å². The average Bonchev–Trinajstić information content (AvgIpc) is 2.73. The lowest BCUT2D eigenvalue weighted by Crippen LogP contribution is -2.03. The molecule has 1 aromatic carbocycles. The second kappa shape index (κ2) is 6.23. The van der Waals surface area contributed by atoms with Crippen molar-refractivity contribution in [2.75, 3.05) is 5.32 Å². The summed E-state index contributed by atoms with van der Waals surface area (Å²) in [4.78, 5) is 4.53. The van der Waals surface area contributed by atoms with E-state index in [2.05, 4.69) is 52.6 Å². The van der Waals surface area contributed by atoms with E-state index in [1.54, 1.807) is 0 Å². The highest BCUT2D eigenvalue weighted by molar-refractivity contribution is 5.59. The quantitative estimate of drug-likeness (QED) is 0.788. The Labute approximate surface area is 115 Å². The van der Waals surface area contributed by atoms with E-state index in [0.717, 1.165) is 36.7 Å². The second-order valence-corrected chi connectivity index (χ2v) is 4.68. The highest BCUT2D eigenvalue weighted by atomic mass is 15.2. The zero-order chi connectivity index (χ0) is 13.7. The molecule has 1 heterocycles. The van der Waals surface area contributed by atoms with Gasteiger partial charge in [0.25, 0.3) is 0 Å². The molecule has 2 rings (SSSR count). The van der Waals surface area contributed by atoms with Gasteiger partial charge in [-0.2, -0.15) is 0 Å². The third-order valence-electron chi connectivity index (χ3n) is 3.01. The zero-order valence-corrected chi connectivity index (χ0v) is 11.7. The van der Waals surface area contributed by atoms with E-state index in [-0.39, 0.29) is 0 Å². The predicted octanol–water partition coefficient (Wildman–Crippen LogP) is 4.07. The van der Waals surface area contributed by atoms with Crippen molar-refractivity contribution in [3.8, 4) is 0 Å². The molecule has 0 bridgehead atoms. The summed E-state index contributed by atoms with van der Waals surface area (Å²) in [6.45, 7) is 8.74. The molecule has 0 aliphatic heterocycles. The van der Waals surface area contributed by atoms with Gasteiger partial charge in [0.15, 0.2) is 0 Å². The molecule has 1 aromatic heterocycles. The third-order valence-corrected chi connectivity index (χ3v) is 3.01. The Morgan fingerprint density at radius 1 is 1.37 bits per heavy atom. The minimum absolute atomic E-state index is 0.763. The first kappa shape index (κ1) is 13.4. The van der Waals surface area contributed by atoms with Crippen LogP contribution >= 0.6 is 0 Å². The topological polar surface area (TPSA) is 29.9 Å². The molecule has 3 heteroatoms.